The fraction of sp³-hybridized carbons (Fsp3) is 0.621. The Bertz CT molecular complexity index is 1110. The summed E-state index contributed by atoms with van der Waals surface area (Å²) < 4.78 is 5.73. The highest BCUT2D eigenvalue weighted by atomic mass is 32.2. The molecule has 1 aliphatic rings. The molecule has 1 unspecified atom stereocenters. The minimum absolute atomic E-state index is 0.105. The second-order valence-electron chi connectivity index (χ2n) is 11.5. The minimum atomic E-state index is -0.988. The molecule has 1 aliphatic carbocycles. The summed E-state index contributed by atoms with van der Waals surface area (Å²) in [6.07, 6.45) is 4.91. The van der Waals surface area contributed by atoms with Crippen molar-refractivity contribution in [3.63, 3.8) is 0 Å². The third kappa shape index (κ3) is 8.62. The molecule has 0 aliphatic heterocycles. The van der Waals surface area contributed by atoms with E-state index >= 15 is 0 Å². The average molecular weight is 573 g/mol. The zero-order chi connectivity index (χ0) is 29.3. The Hall–Kier alpha value is -2.76. The maximum absolute atomic E-state index is 13.8. The number of nitrogens with one attached hydrogen (secondary N) is 1. The highest BCUT2D eigenvalue weighted by Gasteiger charge is 2.45. The third-order valence-electron chi connectivity index (χ3n) is 7.06. The fourth-order valence-corrected chi connectivity index (χ4v) is 5.95. The highest BCUT2D eigenvalue weighted by molar-refractivity contribution is 7.99. The summed E-state index contributed by atoms with van der Waals surface area (Å²) in [5.74, 6) is 0.0648. The maximum atomic E-state index is 13.8. The van der Waals surface area contributed by atoms with Gasteiger partial charge < -0.3 is 24.4 Å². The van der Waals surface area contributed by atoms with Gasteiger partial charge >= 0.3 is 0 Å². The van der Waals surface area contributed by atoms with Gasteiger partial charge in [0.05, 0.1) is 0 Å². The normalized spacial score (nSPS) is 15.8. The van der Waals surface area contributed by atoms with Gasteiger partial charge in [0.25, 0.3) is 17.0 Å². The van der Waals surface area contributed by atoms with Gasteiger partial charge in [-0.3, -0.25) is 14.4 Å². The Morgan fingerprint density at radius 2 is 1.73 bits per heavy atom. The molecule has 11 heteroatoms. The van der Waals surface area contributed by atoms with Gasteiger partial charge in [0.1, 0.15) is 11.7 Å². The number of thioether (sulfide) groups is 1. The van der Waals surface area contributed by atoms with E-state index in [4.69, 9.17) is 4.42 Å². The average Bonchev–Trinajstić information content (AvgIpc) is 3.37. The van der Waals surface area contributed by atoms with E-state index in [0.29, 0.717) is 36.5 Å². The molecule has 1 fully saturated rings. The van der Waals surface area contributed by atoms with Crippen LogP contribution in [0.1, 0.15) is 79.0 Å². The lowest BCUT2D eigenvalue weighted by molar-refractivity contribution is -0.129. The first kappa shape index (κ1) is 31.8. The van der Waals surface area contributed by atoms with E-state index in [9.17, 15) is 14.4 Å². The van der Waals surface area contributed by atoms with E-state index in [-0.39, 0.29) is 17.7 Å². The minimum Gasteiger partial charge on any atom is -0.408 e. The van der Waals surface area contributed by atoms with Crippen LogP contribution in [0, 0.1) is 5.92 Å². The number of hydrogen-bond acceptors (Lipinski definition) is 9. The van der Waals surface area contributed by atoms with Gasteiger partial charge in [-0.15, -0.1) is 10.2 Å². The second-order valence-corrected chi connectivity index (χ2v) is 12.6. The summed E-state index contributed by atoms with van der Waals surface area (Å²) in [7, 11) is 7.95. The van der Waals surface area contributed by atoms with Crippen molar-refractivity contribution in [2.75, 3.05) is 40.5 Å². The van der Waals surface area contributed by atoms with Crippen LogP contribution in [-0.4, -0.2) is 95.2 Å². The predicted octanol–water partition coefficient (Wildman–Crippen LogP) is 3.93. The number of rotatable bonds is 15. The SMILES string of the molecule is CC(C)CC(C(=O)c1nnc(SCCN(C)C)o1)N(C=O)C1(NC(=O)c2ccc(CN(C)C)cc2)CCCCC1. The standard InChI is InChI=1S/C29H44N6O4S/c1-21(2)18-24(25(37)27-31-32-28(39-27)40-17-16-33(3)4)35(20-36)29(14-8-7-9-15-29)30-26(38)23-12-10-22(11-13-23)19-34(5)6/h10-13,20-21,24H,7-9,14-19H2,1-6H3,(H,30,38). The first-order valence-corrected chi connectivity index (χ1v) is 15.0. The first-order chi connectivity index (χ1) is 19.0. The molecule has 2 amide bonds. The quantitative estimate of drug-likeness (QED) is 0.147. The highest BCUT2D eigenvalue weighted by Crippen LogP contribution is 2.35. The molecule has 40 heavy (non-hydrogen) atoms. The van der Waals surface area contributed by atoms with Crippen molar-refractivity contribution in [1.29, 1.82) is 0 Å². The van der Waals surface area contributed by atoms with Gasteiger partial charge in [-0.1, -0.05) is 44.2 Å². The van der Waals surface area contributed by atoms with Crippen molar-refractivity contribution in [1.82, 2.24) is 30.2 Å². The first-order valence-electron chi connectivity index (χ1n) is 14.0. The molecule has 0 spiro atoms. The van der Waals surface area contributed by atoms with Crippen LogP contribution in [0.2, 0.25) is 0 Å². The van der Waals surface area contributed by atoms with Crippen molar-refractivity contribution >= 4 is 29.9 Å². The Balaban J connectivity index is 1.87. The fourth-order valence-electron chi connectivity index (χ4n) is 5.09. The number of hydrogen-bond donors (Lipinski definition) is 1. The van der Waals surface area contributed by atoms with Crippen LogP contribution in [0.3, 0.4) is 0 Å². The molecule has 2 aromatic rings. The van der Waals surface area contributed by atoms with E-state index in [1.54, 1.807) is 12.1 Å². The molecule has 1 heterocycles. The van der Waals surface area contributed by atoms with Crippen LogP contribution in [-0.2, 0) is 11.3 Å². The summed E-state index contributed by atoms with van der Waals surface area (Å²) in [5.41, 5.74) is 0.629. The smallest absolute Gasteiger partial charge is 0.286 e. The van der Waals surface area contributed by atoms with E-state index in [2.05, 4.69) is 20.4 Å². The summed E-state index contributed by atoms with van der Waals surface area (Å²) >= 11 is 1.39. The summed E-state index contributed by atoms with van der Waals surface area (Å²) in [6, 6.07) is 6.64. The summed E-state index contributed by atoms with van der Waals surface area (Å²) in [5, 5.41) is 11.6. The molecule has 0 bridgehead atoms. The molecule has 0 saturated heterocycles. The molecule has 1 atom stereocenters. The number of nitrogens with zero attached hydrogens (tertiary/aromatic N) is 5. The van der Waals surface area contributed by atoms with Crippen molar-refractivity contribution in [2.24, 2.45) is 5.92 Å². The molecule has 10 nitrogen and oxygen atoms in total. The maximum Gasteiger partial charge on any atom is 0.286 e. The van der Waals surface area contributed by atoms with E-state index in [1.165, 1.54) is 16.7 Å². The van der Waals surface area contributed by atoms with Crippen molar-refractivity contribution in [3.8, 4) is 0 Å². The molecule has 220 valence electrons. The van der Waals surface area contributed by atoms with Crippen LogP contribution >= 0.6 is 11.8 Å². The predicted molar refractivity (Wildman–Crippen MR) is 156 cm³/mol. The third-order valence-corrected chi connectivity index (χ3v) is 7.86. The van der Waals surface area contributed by atoms with Crippen molar-refractivity contribution in [2.45, 2.75) is 75.8 Å². The number of amides is 2. The van der Waals surface area contributed by atoms with E-state index in [1.807, 2.05) is 59.1 Å². The van der Waals surface area contributed by atoms with Crippen molar-refractivity contribution < 1.29 is 18.8 Å². The summed E-state index contributed by atoms with van der Waals surface area (Å²) in [6.45, 7) is 5.60. The Morgan fingerprint density at radius 3 is 2.30 bits per heavy atom. The molecule has 1 aromatic heterocycles. The Labute approximate surface area is 242 Å². The van der Waals surface area contributed by atoms with Crippen LogP contribution in [0.4, 0.5) is 0 Å². The lowest BCUT2D eigenvalue weighted by atomic mass is 9.84. The van der Waals surface area contributed by atoms with Crippen LogP contribution in [0.5, 0.6) is 0 Å². The number of carbonyl (C=O) groups excluding carboxylic acids is 3. The van der Waals surface area contributed by atoms with E-state index < -0.39 is 17.5 Å². The monoisotopic (exact) mass is 572 g/mol. The van der Waals surface area contributed by atoms with Gasteiger partial charge in [0.2, 0.25) is 12.2 Å². The zero-order valence-corrected chi connectivity index (χ0v) is 25.5. The number of ketones is 1. The van der Waals surface area contributed by atoms with Gasteiger partial charge in [-0.25, -0.2) is 0 Å². The number of carbonyl (C=O) groups is 3. The van der Waals surface area contributed by atoms with E-state index in [0.717, 1.165) is 43.7 Å². The van der Waals surface area contributed by atoms with Crippen LogP contribution in [0.25, 0.3) is 0 Å². The lowest BCUT2D eigenvalue weighted by Crippen LogP contribution is -2.65. The zero-order valence-electron chi connectivity index (χ0n) is 24.7. The molecule has 0 radical (unpaired) electrons. The molecule has 1 N–H and O–H groups in total. The van der Waals surface area contributed by atoms with Gasteiger partial charge in [-0.2, -0.15) is 0 Å². The van der Waals surface area contributed by atoms with Gasteiger partial charge in [0.15, 0.2) is 0 Å². The number of benzene rings is 1. The molecular weight excluding hydrogens is 528 g/mol. The topological polar surface area (TPSA) is 112 Å². The van der Waals surface area contributed by atoms with Crippen molar-refractivity contribution in [3.05, 3.63) is 41.3 Å². The molecular formula is C29H44N6O4S. The van der Waals surface area contributed by atoms with Gasteiger partial charge in [-0.05, 0) is 83.9 Å². The molecule has 1 saturated carbocycles. The molecule has 1 aromatic carbocycles. The largest absolute Gasteiger partial charge is 0.408 e. The Kier molecular flexibility index (Phi) is 11.7. The van der Waals surface area contributed by atoms with Crippen LogP contribution < -0.4 is 5.32 Å². The number of aromatic nitrogens is 2. The van der Waals surface area contributed by atoms with Crippen LogP contribution in [0.15, 0.2) is 33.9 Å². The van der Waals surface area contributed by atoms with Gasteiger partial charge in [0, 0.05) is 24.4 Å². The number of Topliss-reactive ketones (excluding diaryl/α,β-unsaturated/α-hetero) is 1. The lowest BCUT2D eigenvalue weighted by Gasteiger charge is -2.48. The summed E-state index contributed by atoms with van der Waals surface area (Å²) in [4.78, 5) is 45.7. The Morgan fingerprint density at radius 1 is 1.05 bits per heavy atom. The second kappa shape index (κ2) is 14.7. The molecule has 3 rings (SSSR count).